The number of amides is 1. The number of aromatic nitrogens is 1. The summed E-state index contributed by atoms with van der Waals surface area (Å²) in [4.78, 5) is 15.8. The van der Waals surface area contributed by atoms with Crippen molar-refractivity contribution in [1.29, 1.82) is 0 Å². The van der Waals surface area contributed by atoms with Gasteiger partial charge in [-0.05, 0) is 52.9 Å². The molecule has 0 aliphatic rings. The SMILES string of the molecule is O=C(Nc1cccnc1)c1cccc(I)c1. The van der Waals surface area contributed by atoms with Gasteiger partial charge in [0.2, 0.25) is 0 Å². The lowest BCUT2D eigenvalue weighted by Gasteiger charge is -2.04. The van der Waals surface area contributed by atoms with Gasteiger partial charge < -0.3 is 5.32 Å². The molecule has 16 heavy (non-hydrogen) atoms. The van der Waals surface area contributed by atoms with Crippen molar-refractivity contribution in [2.45, 2.75) is 0 Å². The van der Waals surface area contributed by atoms with Gasteiger partial charge in [0.15, 0.2) is 0 Å². The molecule has 0 unspecified atom stereocenters. The van der Waals surface area contributed by atoms with Gasteiger partial charge in [-0.25, -0.2) is 0 Å². The molecule has 0 spiro atoms. The fourth-order valence-corrected chi connectivity index (χ4v) is 1.81. The number of nitrogens with zero attached hydrogens (tertiary/aromatic N) is 1. The van der Waals surface area contributed by atoms with Crippen molar-refractivity contribution in [3.05, 3.63) is 57.9 Å². The van der Waals surface area contributed by atoms with E-state index in [0.29, 0.717) is 11.3 Å². The van der Waals surface area contributed by atoms with E-state index in [4.69, 9.17) is 0 Å². The summed E-state index contributed by atoms with van der Waals surface area (Å²) in [5, 5.41) is 2.78. The third kappa shape index (κ3) is 2.79. The van der Waals surface area contributed by atoms with Crippen molar-refractivity contribution in [2.75, 3.05) is 5.32 Å². The van der Waals surface area contributed by atoms with Gasteiger partial charge in [-0.3, -0.25) is 9.78 Å². The van der Waals surface area contributed by atoms with Gasteiger partial charge in [-0.2, -0.15) is 0 Å². The second-order valence-corrected chi connectivity index (χ2v) is 4.45. The molecule has 1 N–H and O–H groups in total. The average Bonchev–Trinajstić information content (AvgIpc) is 2.30. The molecule has 0 saturated carbocycles. The van der Waals surface area contributed by atoms with Crippen LogP contribution in [0, 0.1) is 3.57 Å². The summed E-state index contributed by atoms with van der Waals surface area (Å²) < 4.78 is 1.04. The molecule has 0 saturated heterocycles. The van der Waals surface area contributed by atoms with E-state index in [1.165, 1.54) is 0 Å². The summed E-state index contributed by atoms with van der Waals surface area (Å²) in [6.07, 6.45) is 3.28. The smallest absolute Gasteiger partial charge is 0.255 e. The molecule has 80 valence electrons. The van der Waals surface area contributed by atoms with Crippen LogP contribution in [0.25, 0.3) is 0 Å². The highest BCUT2D eigenvalue weighted by atomic mass is 127. The second kappa shape index (κ2) is 5.07. The molecule has 2 rings (SSSR count). The maximum atomic E-state index is 11.8. The Morgan fingerprint density at radius 1 is 1.25 bits per heavy atom. The maximum Gasteiger partial charge on any atom is 0.255 e. The van der Waals surface area contributed by atoms with Gasteiger partial charge in [-0.1, -0.05) is 6.07 Å². The van der Waals surface area contributed by atoms with Crippen LogP contribution in [0.3, 0.4) is 0 Å². The lowest BCUT2D eigenvalue weighted by molar-refractivity contribution is 0.102. The quantitative estimate of drug-likeness (QED) is 0.863. The summed E-state index contributed by atoms with van der Waals surface area (Å²) in [7, 11) is 0. The number of halogens is 1. The molecule has 4 heteroatoms. The molecule has 3 nitrogen and oxygen atoms in total. The second-order valence-electron chi connectivity index (χ2n) is 3.21. The van der Waals surface area contributed by atoms with Gasteiger partial charge in [0, 0.05) is 15.3 Å². The number of carbonyl (C=O) groups excluding carboxylic acids is 1. The number of nitrogens with one attached hydrogen (secondary N) is 1. The minimum Gasteiger partial charge on any atom is -0.321 e. The Morgan fingerprint density at radius 2 is 2.12 bits per heavy atom. The van der Waals surface area contributed by atoms with E-state index in [2.05, 4.69) is 32.9 Å². The van der Waals surface area contributed by atoms with Crippen LogP contribution < -0.4 is 5.32 Å². The van der Waals surface area contributed by atoms with Crippen LogP contribution in [-0.4, -0.2) is 10.9 Å². The molecule has 1 aromatic carbocycles. The molecule has 1 aromatic heterocycles. The Bertz CT molecular complexity index is 499. The zero-order chi connectivity index (χ0) is 11.4. The van der Waals surface area contributed by atoms with E-state index in [0.717, 1.165) is 3.57 Å². The first-order valence-electron chi connectivity index (χ1n) is 4.72. The van der Waals surface area contributed by atoms with E-state index in [1.54, 1.807) is 30.6 Å². The van der Waals surface area contributed by atoms with E-state index in [-0.39, 0.29) is 5.91 Å². The number of hydrogen-bond donors (Lipinski definition) is 1. The standard InChI is InChI=1S/C12H9IN2O/c13-10-4-1-3-9(7-10)12(16)15-11-5-2-6-14-8-11/h1-8H,(H,15,16). The summed E-state index contributed by atoms with van der Waals surface area (Å²) in [6.45, 7) is 0. The predicted molar refractivity (Wildman–Crippen MR) is 71.3 cm³/mol. The minimum atomic E-state index is -0.119. The third-order valence-electron chi connectivity index (χ3n) is 2.01. The van der Waals surface area contributed by atoms with Crippen LogP contribution in [-0.2, 0) is 0 Å². The number of carbonyl (C=O) groups is 1. The molecular formula is C12H9IN2O. The zero-order valence-corrected chi connectivity index (χ0v) is 10.5. The summed E-state index contributed by atoms with van der Waals surface area (Å²) in [5.74, 6) is -0.119. The molecule has 0 bridgehead atoms. The molecular weight excluding hydrogens is 315 g/mol. The third-order valence-corrected chi connectivity index (χ3v) is 2.68. The molecule has 0 atom stereocenters. The van der Waals surface area contributed by atoms with Crippen molar-refractivity contribution in [1.82, 2.24) is 4.98 Å². The Balaban J connectivity index is 2.15. The predicted octanol–water partition coefficient (Wildman–Crippen LogP) is 2.94. The van der Waals surface area contributed by atoms with Crippen molar-refractivity contribution >= 4 is 34.2 Å². The fourth-order valence-electron chi connectivity index (χ4n) is 1.27. The average molecular weight is 324 g/mol. The van der Waals surface area contributed by atoms with Gasteiger partial charge in [-0.15, -0.1) is 0 Å². The van der Waals surface area contributed by atoms with E-state index < -0.39 is 0 Å². The first kappa shape index (κ1) is 11.1. The number of benzene rings is 1. The van der Waals surface area contributed by atoms with Crippen molar-refractivity contribution in [2.24, 2.45) is 0 Å². The van der Waals surface area contributed by atoms with Crippen LogP contribution in [0.4, 0.5) is 5.69 Å². The van der Waals surface area contributed by atoms with E-state index in [9.17, 15) is 4.79 Å². The van der Waals surface area contributed by atoms with Crippen LogP contribution in [0.5, 0.6) is 0 Å². The topological polar surface area (TPSA) is 42.0 Å². The van der Waals surface area contributed by atoms with Crippen LogP contribution >= 0.6 is 22.6 Å². The fraction of sp³-hybridized carbons (Fsp3) is 0. The van der Waals surface area contributed by atoms with Crippen molar-refractivity contribution in [3.8, 4) is 0 Å². The molecule has 1 amide bonds. The summed E-state index contributed by atoms with van der Waals surface area (Å²) in [6, 6.07) is 11.0. The Morgan fingerprint density at radius 3 is 2.81 bits per heavy atom. The first-order chi connectivity index (χ1) is 7.75. The Labute approximate surface area is 107 Å². The summed E-state index contributed by atoms with van der Waals surface area (Å²) >= 11 is 2.18. The monoisotopic (exact) mass is 324 g/mol. The number of pyridine rings is 1. The first-order valence-corrected chi connectivity index (χ1v) is 5.80. The van der Waals surface area contributed by atoms with Crippen molar-refractivity contribution in [3.63, 3.8) is 0 Å². The van der Waals surface area contributed by atoms with Gasteiger partial charge in [0.25, 0.3) is 5.91 Å². The van der Waals surface area contributed by atoms with Gasteiger partial charge in [0.1, 0.15) is 0 Å². The Hall–Kier alpha value is -1.43. The highest BCUT2D eigenvalue weighted by Gasteiger charge is 2.05. The lowest BCUT2D eigenvalue weighted by atomic mass is 10.2. The van der Waals surface area contributed by atoms with Crippen molar-refractivity contribution < 1.29 is 4.79 Å². The zero-order valence-electron chi connectivity index (χ0n) is 8.35. The largest absolute Gasteiger partial charge is 0.321 e. The van der Waals surface area contributed by atoms with Gasteiger partial charge in [0.05, 0.1) is 11.9 Å². The Kier molecular flexibility index (Phi) is 3.51. The normalized spacial score (nSPS) is 9.81. The molecule has 0 fully saturated rings. The van der Waals surface area contributed by atoms with Gasteiger partial charge >= 0.3 is 0 Å². The summed E-state index contributed by atoms with van der Waals surface area (Å²) in [5.41, 5.74) is 1.35. The van der Waals surface area contributed by atoms with Crippen LogP contribution in [0.1, 0.15) is 10.4 Å². The van der Waals surface area contributed by atoms with E-state index in [1.807, 2.05) is 18.2 Å². The molecule has 0 aliphatic heterocycles. The molecule has 1 heterocycles. The minimum absolute atomic E-state index is 0.119. The molecule has 0 radical (unpaired) electrons. The lowest BCUT2D eigenvalue weighted by Crippen LogP contribution is -2.11. The van der Waals surface area contributed by atoms with Crippen LogP contribution in [0.15, 0.2) is 48.8 Å². The highest BCUT2D eigenvalue weighted by molar-refractivity contribution is 14.1. The number of anilines is 1. The number of rotatable bonds is 2. The number of hydrogen-bond acceptors (Lipinski definition) is 2. The molecule has 2 aromatic rings. The molecule has 0 aliphatic carbocycles. The van der Waals surface area contributed by atoms with Crippen LogP contribution in [0.2, 0.25) is 0 Å². The maximum absolute atomic E-state index is 11.8. The van der Waals surface area contributed by atoms with E-state index >= 15 is 0 Å². The highest BCUT2D eigenvalue weighted by Crippen LogP contribution is 2.10.